The van der Waals surface area contributed by atoms with Crippen molar-refractivity contribution in [3.63, 3.8) is 0 Å². The highest BCUT2D eigenvalue weighted by atomic mass is 16.5. The molecule has 4 atom stereocenters. The van der Waals surface area contributed by atoms with Gasteiger partial charge in [-0.2, -0.15) is 0 Å². The molecule has 7 fully saturated rings. The Balaban J connectivity index is 0.000000285. The van der Waals surface area contributed by atoms with E-state index in [-0.39, 0.29) is 29.0 Å². The Morgan fingerprint density at radius 2 is 1.54 bits per heavy atom. The quantitative estimate of drug-likeness (QED) is 0.148. The van der Waals surface area contributed by atoms with Gasteiger partial charge in [-0.25, -0.2) is 9.78 Å². The van der Waals surface area contributed by atoms with E-state index in [2.05, 4.69) is 15.6 Å². The number of H-pyrrole nitrogens is 1. The zero-order valence-electron chi connectivity index (χ0n) is 28.9. The van der Waals surface area contributed by atoms with Crippen LogP contribution in [0.1, 0.15) is 109 Å². The molecule has 7 aliphatic carbocycles. The molecule has 1 aromatic carbocycles. The van der Waals surface area contributed by atoms with Crippen molar-refractivity contribution in [1.29, 1.82) is 0 Å². The summed E-state index contributed by atoms with van der Waals surface area (Å²) in [6.07, 6.45) is 8.99. The third kappa shape index (κ3) is 7.94. The predicted molar refractivity (Wildman–Crippen MR) is 184 cm³/mol. The maximum Gasteiger partial charge on any atom is 0.335 e. The zero-order valence-corrected chi connectivity index (χ0v) is 28.9. The summed E-state index contributed by atoms with van der Waals surface area (Å²) in [5.74, 6) is 2.85. The van der Waals surface area contributed by atoms with Crippen LogP contribution in [0.5, 0.6) is 0 Å². The molecule has 0 radical (unpaired) electrons. The lowest BCUT2D eigenvalue weighted by Crippen LogP contribution is -2.51. The van der Waals surface area contributed by atoms with Crippen molar-refractivity contribution >= 4 is 17.6 Å². The van der Waals surface area contributed by atoms with Crippen molar-refractivity contribution < 1.29 is 45.0 Å². The largest absolute Gasteiger partial charge is 0.478 e. The number of benzene rings is 1. The number of hydrogen-bond acceptors (Lipinski definition) is 10. The van der Waals surface area contributed by atoms with Crippen molar-refractivity contribution in [1.82, 2.24) is 15.3 Å². The molecule has 7 aliphatic rings. The average Bonchev–Trinajstić information content (AvgIpc) is 3.56. The summed E-state index contributed by atoms with van der Waals surface area (Å²) in [5, 5.41) is 59.7. The number of nitrogens with one attached hydrogen (secondary N) is 3. The van der Waals surface area contributed by atoms with Crippen molar-refractivity contribution in [3.8, 4) is 0 Å². The number of likely N-dealkylation sites (N-methyl/N-ethyl adjacent to an activating group) is 1. The smallest absolute Gasteiger partial charge is 0.335 e. The summed E-state index contributed by atoms with van der Waals surface area (Å²) < 4.78 is 6.77. The number of aliphatic hydroxyl groups excluding tert-OH is 5. The number of carbonyl (C=O) groups excluding carboxylic acids is 1. The molecule has 0 unspecified atom stereocenters. The summed E-state index contributed by atoms with van der Waals surface area (Å²) >= 11 is 0. The second-order valence-electron chi connectivity index (χ2n) is 15.8. The molecule has 0 spiro atoms. The van der Waals surface area contributed by atoms with E-state index in [4.69, 9.17) is 30.1 Å². The molecular formula is C37H54N4O9. The van der Waals surface area contributed by atoms with Gasteiger partial charge < -0.3 is 51.0 Å². The van der Waals surface area contributed by atoms with Gasteiger partial charge >= 0.3 is 5.97 Å². The van der Waals surface area contributed by atoms with Crippen molar-refractivity contribution in [2.45, 2.75) is 119 Å². The van der Waals surface area contributed by atoms with Crippen LogP contribution in [-0.4, -0.2) is 103 Å². The summed E-state index contributed by atoms with van der Waals surface area (Å²) in [7, 11) is 1.57. The summed E-state index contributed by atoms with van der Waals surface area (Å²) in [6, 6.07) is 6.37. The van der Waals surface area contributed by atoms with E-state index < -0.39 is 37.0 Å². The highest BCUT2D eigenvalue weighted by molar-refractivity contribution is 6.04. The van der Waals surface area contributed by atoms with Crippen LogP contribution in [0.25, 0.3) is 0 Å². The number of hydrogen-bond donors (Lipinski definition) is 9. The third-order valence-electron chi connectivity index (χ3n) is 12.2. The average molecular weight is 699 g/mol. The Bertz CT molecular complexity index is 1440. The summed E-state index contributed by atoms with van der Waals surface area (Å²) in [6.45, 7) is -0.198. The van der Waals surface area contributed by atoms with Gasteiger partial charge in [-0.15, -0.1) is 0 Å². The Labute approximate surface area is 292 Å². The molecule has 6 bridgehead atoms. The number of fused-ring (bicyclic) bond motifs is 3. The minimum absolute atomic E-state index is 0.0337. The van der Waals surface area contributed by atoms with Gasteiger partial charge in [0.25, 0.3) is 5.91 Å². The first-order chi connectivity index (χ1) is 23.9. The van der Waals surface area contributed by atoms with Crippen LogP contribution < -0.4 is 10.6 Å². The molecular weight excluding hydrogens is 644 g/mol. The second kappa shape index (κ2) is 15.4. The van der Waals surface area contributed by atoms with Gasteiger partial charge in [0.05, 0.1) is 36.2 Å². The number of carbonyl (C=O) groups is 2. The van der Waals surface area contributed by atoms with Gasteiger partial charge in [0.2, 0.25) is 0 Å². The number of rotatable bonds is 13. The zero-order chi connectivity index (χ0) is 35.6. The predicted octanol–water partition coefficient (Wildman–Crippen LogP) is 2.71. The number of aliphatic hydroxyl groups is 5. The van der Waals surface area contributed by atoms with Gasteiger partial charge in [-0.1, -0.05) is 6.07 Å². The molecule has 13 heteroatoms. The van der Waals surface area contributed by atoms with E-state index in [0.29, 0.717) is 18.0 Å². The van der Waals surface area contributed by atoms with Crippen LogP contribution in [0.2, 0.25) is 0 Å². The molecule has 13 nitrogen and oxygen atoms in total. The highest BCUT2D eigenvalue weighted by Gasteiger charge is 2.52. The van der Waals surface area contributed by atoms with E-state index in [0.717, 1.165) is 73.7 Å². The maximum absolute atomic E-state index is 13.5. The lowest BCUT2D eigenvalue weighted by atomic mass is 9.54. The number of ether oxygens (including phenoxy) is 1. The highest BCUT2D eigenvalue weighted by Crippen LogP contribution is 2.57. The second-order valence-corrected chi connectivity index (χ2v) is 15.8. The van der Waals surface area contributed by atoms with Crippen molar-refractivity contribution in [2.24, 2.45) is 23.7 Å². The van der Waals surface area contributed by atoms with Crippen LogP contribution >= 0.6 is 0 Å². The number of aromatic carboxylic acids is 1. The Hall–Kier alpha value is -2.91. The van der Waals surface area contributed by atoms with Crippen LogP contribution in [0.15, 0.2) is 24.3 Å². The molecule has 1 heterocycles. The molecule has 9 rings (SSSR count). The fraction of sp³-hybridized carbons (Fsp3) is 0.703. The van der Waals surface area contributed by atoms with Crippen molar-refractivity contribution in [3.05, 3.63) is 47.0 Å². The standard InChI is InChI=1S/C30H37N3O4.C7H17NO5/c34-26(31-23-3-1-2-22(13-23)27(35)36)25-24(32-28(33-25)29-7-4-18(5-8-29)6-9-29)17-37-30-14-19-10-20(15-30)12-21(11-19)16-30;1-8-2-4(10)6(12)7(13)5(11)3-9/h1-3,13,18-21H,4-12,14-17H2,(H,31,34)(H,32,33)(H,35,36);4-13H,2-3H2,1H3/t;4-,5+,6+,7+/m.0/s1. The maximum atomic E-state index is 13.5. The van der Waals surface area contributed by atoms with E-state index in [1.165, 1.54) is 50.7 Å². The van der Waals surface area contributed by atoms with Crippen LogP contribution in [0.4, 0.5) is 5.69 Å². The van der Waals surface area contributed by atoms with Crippen molar-refractivity contribution in [2.75, 3.05) is 25.5 Å². The lowest BCUT2D eigenvalue weighted by molar-refractivity contribution is -0.169. The fourth-order valence-electron chi connectivity index (χ4n) is 9.80. The molecule has 2 aromatic rings. The molecule has 7 saturated carbocycles. The van der Waals surface area contributed by atoms with Gasteiger partial charge in [-0.3, -0.25) is 4.79 Å². The van der Waals surface area contributed by atoms with Crippen LogP contribution in [-0.2, 0) is 16.8 Å². The first-order valence-electron chi connectivity index (χ1n) is 18.3. The molecule has 276 valence electrons. The van der Waals surface area contributed by atoms with Crippen LogP contribution in [0.3, 0.4) is 0 Å². The molecule has 9 N–H and O–H groups in total. The van der Waals surface area contributed by atoms with Gasteiger partial charge in [-0.05, 0) is 126 Å². The lowest BCUT2D eigenvalue weighted by Gasteiger charge is -2.56. The Kier molecular flexibility index (Phi) is 11.3. The minimum atomic E-state index is -1.55. The Morgan fingerprint density at radius 1 is 0.940 bits per heavy atom. The SMILES string of the molecule is CNC[C@H](O)[C@@H](O)[C@H](O)[C@H](O)CO.O=C(O)c1cccc(NC(=O)c2nc(C34CCC(CC3)CC4)[nH]c2COC23CC4CC(CC(C4)C2)C3)c1. The van der Waals surface area contributed by atoms with E-state index in [1.807, 2.05) is 0 Å². The number of anilines is 1. The number of amides is 1. The third-order valence-corrected chi connectivity index (χ3v) is 12.2. The van der Waals surface area contributed by atoms with Gasteiger partial charge in [0.1, 0.15) is 24.1 Å². The summed E-state index contributed by atoms with van der Waals surface area (Å²) in [5.41, 5.74) is 1.74. The molecule has 50 heavy (non-hydrogen) atoms. The normalized spacial score (nSPS) is 31.7. The number of carboxylic acids is 1. The van der Waals surface area contributed by atoms with Crippen LogP contribution in [0, 0.1) is 23.7 Å². The number of aromatic amines is 1. The number of nitrogens with zero attached hydrogens (tertiary/aromatic N) is 1. The topological polar surface area (TPSA) is 217 Å². The van der Waals surface area contributed by atoms with E-state index in [1.54, 1.807) is 19.2 Å². The molecule has 1 amide bonds. The Morgan fingerprint density at radius 3 is 2.10 bits per heavy atom. The minimum Gasteiger partial charge on any atom is -0.478 e. The van der Waals surface area contributed by atoms with E-state index >= 15 is 0 Å². The first kappa shape index (κ1) is 36.9. The van der Waals surface area contributed by atoms with Gasteiger partial charge in [0.15, 0.2) is 5.69 Å². The number of imidazole rings is 1. The summed E-state index contributed by atoms with van der Waals surface area (Å²) in [4.78, 5) is 33.5. The fourth-order valence-corrected chi connectivity index (χ4v) is 9.80. The number of carboxylic acid groups (broad SMARTS) is 1. The number of aromatic nitrogens is 2. The molecule has 1 aromatic heterocycles. The molecule has 0 aliphatic heterocycles. The monoisotopic (exact) mass is 698 g/mol. The first-order valence-corrected chi connectivity index (χ1v) is 18.3. The van der Waals surface area contributed by atoms with Gasteiger partial charge in [0, 0.05) is 17.6 Å². The van der Waals surface area contributed by atoms with E-state index in [9.17, 15) is 19.8 Å². The molecule has 0 saturated heterocycles.